The van der Waals surface area contributed by atoms with Gasteiger partial charge in [-0.3, -0.25) is 4.90 Å². The Bertz CT molecular complexity index is 579. The highest BCUT2D eigenvalue weighted by molar-refractivity contribution is 5.64. The van der Waals surface area contributed by atoms with E-state index in [2.05, 4.69) is 58.7 Å². The molecule has 0 unspecified atom stereocenters. The van der Waals surface area contributed by atoms with E-state index in [1.165, 1.54) is 16.7 Å². The third-order valence-corrected chi connectivity index (χ3v) is 4.37. The third kappa shape index (κ3) is 3.55. The molecule has 3 rings (SSSR count). The van der Waals surface area contributed by atoms with E-state index in [4.69, 9.17) is 0 Å². The van der Waals surface area contributed by atoms with Gasteiger partial charge in [-0.05, 0) is 29.2 Å². The molecule has 2 aromatic carbocycles. The molecule has 0 aliphatic carbocycles. The quantitative estimate of drug-likeness (QED) is 0.890. The van der Waals surface area contributed by atoms with E-state index in [1.54, 1.807) is 0 Å². The first-order valence-corrected chi connectivity index (χ1v) is 8.09. The molecular formula is C19H24N2O. The fourth-order valence-electron chi connectivity index (χ4n) is 3.23. The normalized spacial score (nSPS) is 17.3. The van der Waals surface area contributed by atoms with Crippen LogP contribution in [0, 0.1) is 0 Å². The van der Waals surface area contributed by atoms with Gasteiger partial charge in [0, 0.05) is 38.8 Å². The standard InChI is InChI=1S/C19H24N2O/c22-14-9-19(21-12-10-20-11-13-21)18-8-4-7-17(15-18)16-5-2-1-3-6-16/h1-8,15,19-20,22H,9-14H2/t19-/m0/s1. The van der Waals surface area contributed by atoms with Crippen LogP contribution >= 0.6 is 0 Å². The molecule has 3 nitrogen and oxygen atoms in total. The summed E-state index contributed by atoms with van der Waals surface area (Å²) in [6.07, 6.45) is 0.790. The van der Waals surface area contributed by atoms with Crippen LogP contribution in [0.2, 0.25) is 0 Å². The molecule has 1 aliphatic heterocycles. The SMILES string of the molecule is OCC[C@@H](c1cccc(-c2ccccc2)c1)N1CCNCC1. The number of hydrogen-bond acceptors (Lipinski definition) is 3. The summed E-state index contributed by atoms with van der Waals surface area (Å²) in [5.41, 5.74) is 3.79. The smallest absolute Gasteiger partial charge is 0.0449 e. The summed E-state index contributed by atoms with van der Waals surface area (Å²) >= 11 is 0. The van der Waals surface area contributed by atoms with Gasteiger partial charge in [0.15, 0.2) is 0 Å². The zero-order chi connectivity index (χ0) is 15.2. The highest BCUT2D eigenvalue weighted by Gasteiger charge is 2.21. The van der Waals surface area contributed by atoms with Crippen LogP contribution in [0.3, 0.4) is 0 Å². The van der Waals surface area contributed by atoms with Crippen LogP contribution in [0.15, 0.2) is 54.6 Å². The number of nitrogens with one attached hydrogen (secondary N) is 1. The maximum absolute atomic E-state index is 9.47. The lowest BCUT2D eigenvalue weighted by atomic mass is 9.96. The second-order valence-electron chi connectivity index (χ2n) is 5.81. The fourth-order valence-corrected chi connectivity index (χ4v) is 3.23. The van der Waals surface area contributed by atoms with Gasteiger partial charge in [0.25, 0.3) is 0 Å². The molecular weight excluding hydrogens is 272 g/mol. The van der Waals surface area contributed by atoms with Crippen molar-refractivity contribution in [3.63, 3.8) is 0 Å². The van der Waals surface area contributed by atoms with E-state index in [0.29, 0.717) is 6.04 Å². The van der Waals surface area contributed by atoms with E-state index >= 15 is 0 Å². The largest absolute Gasteiger partial charge is 0.396 e. The highest BCUT2D eigenvalue weighted by Crippen LogP contribution is 2.28. The number of piperazine rings is 1. The van der Waals surface area contributed by atoms with Crippen molar-refractivity contribution in [1.29, 1.82) is 0 Å². The Balaban J connectivity index is 1.87. The molecule has 1 saturated heterocycles. The Labute approximate surface area is 132 Å². The molecule has 3 heteroatoms. The van der Waals surface area contributed by atoms with Gasteiger partial charge in [-0.15, -0.1) is 0 Å². The zero-order valence-corrected chi connectivity index (χ0v) is 12.9. The summed E-state index contributed by atoms with van der Waals surface area (Å²) in [7, 11) is 0. The van der Waals surface area contributed by atoms with Gasteiger partial charge in [0.1, 0.15) is 0 Å². The first kappa shape index (κ1) is 15.2. The van der Waals surface area contributed by atoms with Gasteiger partial charge in [-0.25, -0.2) is 0 Å². The van der Waals surface area contributed by atoms with Gasteiger partial charge in [0.05, 0.1) is 0 Å². The maximum Gasteiger partial charge on any atom is 0.0449 e. The van der Waals surface area contributed by atoms with Crippen molar-refractivity contribution >= 4 is 0 Å². The molecule has 2 N–H and O–H groups in total. The van der Waals surface area contributed by atoms with Crippen LogP contribution < -0.4 is 5.32 Å². The van der Waals surface area contributed by atoms with E-state index in [0.717, 1.165) is 32.6 Å². The molecule has 116 valence electrons. The average Bonchev–Trinajstić information content (AvgIpc) is 2.61. The molecule has 0 radical (unpaired) electrons. The lowest BCUT2D eigenvalue weighted by Crippen LogP contribution is -2.45. The molecule has 0 bridgehead atoms. The second-order valence-corrected chi connectivity index (χ2v) is 5.81. The summed E-state index contributed by atoms with van der Waals surface area (Å²) < 4.78 is 0. The van der Waals surface area contributed by atoms with Gasteiger partial charge in [-0.2, -0.15) is 0 Å². The average molecular weight is 296 g/mol. The van der Waals surface area contributed by atoms with E-state index in [9.17, 15) is 5.11 Å². The van der Waals surface area contributed by atoms with Crippen LogP contribution in [0.25, 0.3) is 11.1 Å². The van der Waals surface area contributed by atoms with Crippen LogP contribution in [-0.2, 0) is 0 Å². The number of aliphatic hydroxyl groups is 1. The molecule has 1 atom stereocenters. The van der Waals surface area contributed by atoms with Gasteiger partial charge in [-0.1, -0.05) is 48.5 Å². The molecule has 0 aromatic heterocycles. The summed E-state index contributed by atoms with van der Waals surface area (Å²) in [4.78, 5) is 2.48. The summed E-state index contributed by atoms with van der Waals surface area (Å²) in [6, 6.07) is 19.5. The Kier molecular flexibility index (Phi) is 5.22. The third-order valence-electron chi connectivity index (χ3n) is 4.37. The molecule has 1 aliphatic rings. The van der Waals surface area contributed by atoms with Crippen LogP contribution in [0.5, 0.6) is 0 Å². The first-order valence-electron chi connectivity index (χ1n) is 8.09. The minimum atomic E-state index is 0.226. The molecule has 1 fully saturated rings. The lowest BCUT2D eigenvalue weighted by molar-refractivity contribution is 0.141. The first-order chi connectivity index (χ1) is 10.9. The molecule has 0 amide bonds. The van der Waals surface area contributed by atoms with Gasteiger partial charge < -0.3 is 10.4 Å². The second kappa shape index (κ2) is 7.54. The zero-order valence-electron chi connectivity index (χ0n) is 12.9. The van der Waals surface area contributed by atoms with Crippen molar-refractivity contribution < 1.29 is 5.11 Å². The number of nitrogens with zero attached hydrogens (tertiary/aromatic N) is 1. The van der Waals surface area contributed by atoms with Gasteiger partial charge >= 0.3 is 0 Å². The van der Waals surface area contributed by atoms with Crippen LogP contribution in [-0.4, -0.2) is 42.8 Å². The van der Waals surface area contributed by atoms with Crippen molar-refractivity contribution in [3.8, 4) is 11.1 Å². The minimum Gasteiger partial charge on any atom is -0.396 e. The van der Waals surface area contributed by atoms with Crippen LogP contribution in [0.4, 0.5) is 0 Å². The monoisotopic (exact) mass is 296 g/mol. The maximum atomic E-state index is 9.47. The van der Waals surface area contributed by atoms with Crippen molar-refractivity contribution in [2.75, 3.05) is 32.8 Å². The van der Waals surface area contributed by atoms with E-state index in [-0.39, 0.29) is 6.61 Å². The Morgan fingerprint density at radius 1 is 0.955 bits per heavy atom. The number of rotatable bonds is 5. The van der Waals surface area contributed by atoms with Crippen molar-refractivity contribution in [2.24, 2.45) is 0 Å². The predicted molar refractivity (Wildman–Crippen MR) is 90.8 cm³/mol. The van der Waals surface area contributed by atoms with Crippen molar-refractivity contribution in [1.82, 2.24) is 10.2 Å². The predicted octanol–water partition coefficient (Wildman–Crippen LogP) is 2.68. The van der Waals surface area contributed by atoms with Crippen LogP contribution in [0.1, 0.15) is 18.0 Å². The fraction of sp³-hybridized carbons (Fsp3) is 0.368. The Morgan fingerprint density at radius 2 is 1.68 bits per heavy atom. The van der Waals surface area contributed by atoms with Gasteiger partial charge in [0.2, 0.25) is 0 Å². The number of benzene rings is 2. The topological polar surface area (TPSA) is 35.5 Å². The Hall–Kier alpha value is -1.68. The minimum absolute atomic E-state index is 0.226. The van der Waals surface area contributed by atoms with Crippen molar-refractivity contribution in [3.05, 3.63) is 60.2 Å². The highest BCUT2D eigenvalue weighted by atomic mass is 16.3. The molecule has 1 heterocycles. The van der Waals surface area contributed by atoms with E-state index < -0.39 is 0 Å². The number of hydrogen-bond donors (Lipinski definition) is 2. The molecule has 0 spiro atoms. The van der Waals surface area contributed by atoms with E-state index in [1.807, 2.05) is 6.07 Å². The molecule has 2 aromatic rings. The summed E-state index contributed by atoms with van der Waals surface area (Å²) in [6.45, 7) is 4.37. The molecule has 22 heavy (non-hydrogen) atoms. The molecule has 0 saturated carbocycles. The van der Waals surface area contributed by atoms with Crippen molar-refractivity contribution in [2.45, 2.75) is 12.5 Å². The number of aliphatic hydroxyl groups excluding tert-OH is 1. The summed E-state index contributed by atoms with van der Waals surface area (Å²) in [5.74, 6) is 0. The summed E-state index contributed by atoms with van der Waals surface area (Å²) in [5, 5.41) is 12.9. The Morgan fingerprint density at radius 3 is 2.41 bits per heavy atom. The lowest BCUT2D eigenvalue weighted by Gasteiger charge is -2.35.